The molecule has 40 heavy (non-hydrogen) atoms. The lowest BCUT2D eigenvalue weighted by Gasteiger charge is -2.30. The number of ether oxygens (including phenoxy) is 1. The third-order valence-electron chi connectivity index (χ3n) is 6.31. The van der Waals surface area contributed by atoms with Crippen molar-refractivity contribution in [1.82, 2.24) is 5.32 Å². The molecule has 0 saturated carbocycles. The lowest BCUT2D eigenvalue weighted by Crippen LogP contribution is -2.45. The van der Waals surface area contributed by atoms with Gasteiger partial charge in [0.25, 0.3) is 5.91 Å². The maximum Gasteiger partial charge on any atom is 0.389 e. The van der Waals surface area contributed by atoms with Crippen LogP contribution in [0.1, 0.15) is 58.1 Å². The number of anilines is 1. The molecule has 0 saturated heterocycles. The molecule has 0 bridgehead atoms. The molecule has 0 aromatic heterocycles. The molecule has 0 spiro atoms. The molecule has 2 amide bonds. The number of nitrogens with one attached hydrogen (secondary N) is 2. The Morgan fingerprint density at radius 1 is 0.850 bits per heavy atom. The lowest BCUT2D eigenvalue weighted by molar-refractivity contribution is -0.171. The Kier molecular flexibility index (Phi) is 9.21. The zero-order chi connectivity index (χ0) is 29.9. The number of fused-ring (bicyclic) bond motifs is 3. The third-order valence-corrected chi connectivity index (χ3v) is 6.31. The van der Waals surface area contributed by atoms with E-state index in [0.29, 0.717) is 22.4 Å². The van der Waals surface area contributed by atoms with Gasteiger partial charge < -0.3 is 15.4 Å². The van der Waals surface area contributed by atoms with Gasteiger partial charge in [0.1, 0.15) is 11.6 Å². The van der Waals surface area contributed by atoms with E-state index in [4.69, 9.17) is 4.74 Å². The van der Waals surface area contributed by atoms with E-state index < -0.39 is 79.3 Å². The van der Waals surface area contributed by atoms with Crippen molar-refractivity contribution in [3.63, 3.8) is 0 Å². The number of benzene rings is 2. The Bertz CT molecular complexity index is 1240. The summed E-state index contributed by atoms with van der Waals surface area (Å²) in [5, 5.41) is 5.10. The maximum absolute atomic E-state index is 13.6. The van der Waals surface area contributed by atoms with E-state index >= 15 is 0 Å². The smallest absolute Gasteiger partial charge is 0.389 e. The molecule has 2 aromatic rings. The molecular formula is C28H30F6N2O4. The van der Waals surface area contributed by atoms with Crippen LogP contribution in [0.2, 0.25) is 0 Å². The number of alkyl halides is 6. The van der Waals surface area contributed by atoms with E-state index in [0.717, 1.165) is 0 Å². The summed E-state index contributed by atoms with van der Waals surface area (Å²) in [5.41, 5.74) is 0.784. The summed E-state index contributed by atoms with van der Waals surface area (Å²) in [5.74, 6) is -6.79. The standard InChI is InChI=1S/C28H30F6N2O4/c1-26(2,3)40-25(39)20(13-15-28(32,33)34)19(12-14-27(29,30)31)23(37)36-22-18-10-5-4-8-16(18)17-9-6-7-11-21(17)35-24(22)38/h4-11,19-20,22H,12-15H2,1-3H3,(H,35,38)(H,36,37). The Morgan fingerprint density at radius 3 is 1.95 bits per heavy atom. The van der Waals surface area contributed by atoms with Gasteiger partial charge in [0.15, 0.2) is 0 Å². The SMILES string of the molecule is CC(C)(C)OC(=O)C(CCC(F)(F)F)C(CCC(F)(F)F)C(=O)NC1C(=O)Nc2ccccc2-c2ccccc21. The highest BCUT2D eigenvalue weighted by molar-refractivity contribution is 6.04. The van der Waals surface area contributed by atoms with Gasteiger partial charge >= 0.3 is 18.3 Å². The van der Waals surface area contributed by atoms with E-state index in [9.17, 15) is 40.7 Å². The second-order valence-electron chi connectivity index (χ2n) is 10.6. The summed E-state index contributed by atoms with van der Waals surface area (Å²) in [6.07, 6.45) is -14.5. The van der Waals surface area contributed by atoms with Gasteiger partial charge in [-0.3, -0.25) is 14.4 Å². The zero-order valence-electron chi connectivity index (χ0n) is 22.1. The van der Waals surface area contributed by atoms with Crippen LogP contribution in [0.4, 0.5) is 32.0 Å². The minimum atomic E-state index is -4.75. The van der Waals surface area contributed by atoms with Crippen molar-refractivity contribution in [2.24, 2.45) is 11.8 Å². The highest BCUT2D eigenvalue weighted by Gasteiger charge is 2.43. The molecule has 218 valence electrons. The van der Waals surface area contributed by atoms with Crippen molar-refractivity contribution >= 4 is 23.5 Å². The number of hydrogen-bond donors (Lipinski definition) is 2. The molecule has 12 heteroatoms. The summed E-state index contributed by atoms with van der Waals surface area (Å²) in [7, 11) is 0. The minimum Gasteiger partial charge on any atom is -0.460 e. The van der Waals surface area contributed by atoms with Crippen molar-refractivity contribution in [2.45, 2.75) is 70.4 Å². The monoisotopic (exact) mass is 572 g/mol. The molecule has 3 atom stereocenters. The molecule has 0 aliphatic carbocycles. The molecular weight excluding hydrogens is 542 g/mol. The fraction of sp³-hybridized carbons (Fsp3) is 0.464. The molecule has 3 rings (SSSR count). The van der Waals surface area contributed by atoms with Crippen LogP contribution in [0, 0.1) is 11.8 Å². The topological polar surface area (TPSA) is 84.5 Å². The molecule has 1 heterocycles. The quantitative estimate of drug-likeness (QED) is 0.272. The van der Waals surface area contributed by atoms with Crippen molar-refractivity contribution < 1.29 is 45.5 Å². The number of hydrogen-bond acceptors (Lipinski definition) is 4. The fourth-order valence-corrected chi connectivity index (χ4v) is 4.57. The second-order valence-corrected chi connectivity index (χ2v) is 10.6. The molecule has 2 N–H and O–H groups in total. The van der Waals surface area contributed by atoms with E-state index in [-0.39, 0.29) is 0 Å². The number of carbonyl (C=O) groups excluding carboxylic acids is 3. The second kappa shape index (κ2) is 11.9. The van der Waals surface area contributed by atoms with Gasteiger partial charge in [-0.15, -0.1) is 0 Å². The van der Waals surface area contributed by atoms with Crippen molar-refractivity contribution in [3.05, 3.63) is 54.1 Å². The van der Waals surface area contributed by atoms with Crippen LogP contribution in [0.25, 0.3) is 11.1 Å². The van der Waals surface area contributed by atoms with Crippen LogP contribution in [0.15, 0.2) is 48.5 Å². The predicted molar refractivity (Wildman–Crippen MR) is 135 cm³/mol. The first kappa shape index (κ1) is 31.0. The molecule has 2 aromatic carbocycles. The normalized spacial score (nSPS) is 17.0. The number of amides is 2. The van der Waals surface area contributed by atoms with Crippen molar-refractivity contribution in [3.8, 4) is 11.1 Å². The van der Waals surface area contributed by atoms with Crippen LogP contribution in [-0.2, 0) is 19.1 Å². The van der Waals surface area contributed by atoms with Gasteiger partial charge in [0, 0.05) is 24.1 Å². The molecule has 1 aliphatic rings. The number of rotatable bonds is 8. The van der Waals surface area contributed by atoms with E-state index in [1.54, 1.807) is 48.5 Å². The van der Waals surface area contributed by atoms with Crippen LogP contribution in [0.3, 0.4) is 0 Å². The Balaban J connectivity index is 2.00. The van der Waals surface area contributed by atoms with Gasteiger partial charge in [-0.2, -0.15) is 26.3 Å². The molecule has 0 fully saturated rings. The third kappa shape index (κ3) is 8.46. The number of halogens is 6. The summed E-state index contributed by atoms with van der Waals surface area (Å²) in [6, 6.07) is 11.9. The lowest BCUT2D eigenvalue weighted by atomic mass is 9.83. The maximum atomic E-state index is 13.6. The summed E-state index contributed by atoms with van der Waals surface area (Å²) < 4.78 is 84.3. The van der Waals surface area contributed by atoms with Gasteiger partial charge in [-0.05, 0) is 50.8 Å². The van der Waals surface area contributed by atoms with Gasteiger partial charge in [0.05, 0.1) is 11.8 Å². The van der Waals surface area contributed by atoms with E-state index in [1.165, 1.54) is 20.8 Å². The van der Waals surface area contributed by atoms with Crippen LogP contribution >= 0.6 is 0 Å². The number of para-hydroxylation sites is 1. The van der Waals surface area contributed by atoms with Crippen LogP contribution < -0.4 is 10.6 Å². The van der Waals surface area contributed by atoms with Crippen LogP contribution in [0.5, 0.6) is 0 Å². The largest absolute Gasteiger partial charge is 0.460 e. The highest BCUT2D eigenvalue weighted by atomic mass is 19.4. The minimum absolute atomic E-state index is 0.331. The van der Waals surface area contributed by atoms with Gasteiger partial charge in [-0.25, -0.2) is 0 Å². The van der Waals surface area contributed by atoms with E-state index in [1.807, 2.05) is 0 Å². The Labute approximate surface area is 227 Å². The fourth-order valence-electron chi connectivity index (χ4n) is 4.57. The first-order chi connectivity index (χ1) is 18.5. The first-order valence-electron chi connectivity index (χ1n) is 12.6. The molecule has 3 unspecified atom stereocenters. The summed E-state index contributed by atoms with van der Waals surface area (Å²) in [6.45, 7) is 4.34. The first-order valence-corrected chi connectivity index (χ1v) is 12.6. The average Bonchev–Trinajstić information content (AvgIpc) is 2.93. The van der Waals surface area contributed by atoms with Crippen molar-refractivity contribution in [1.29, 1.82) is 0 Å². The van der Waals surface area contributed by atoms with Crippen LogP contribution in [-0.4, -0.2) is 35.7 Å². The summed E-state index contributed by atoms with van der Waals surface area (Å²) in [4.78, 5) is 39.7. The van der Waals surface area contributed by atoms with E-state index in [2.05, 4.69) is 10.6 Å². The predicted octanol–water partition coefficient (Wildman–Crippen LogP) is 6.72. The van der Waals surface area contributed by atoms with Gasteiger partial charge in [-0.1, -0.05) is 42.5 Å². The van der Waals surface area contributed by atoms with Gasteiger partial charge in [0.2, 0.25) is 5.91 Å². The zero-order valence-corrected chi connectivity index (χ0v) is 22.1. The highest BCUT2D eigenvalue weighted by Crippen LogP contribution is 2.38. The molecule has 1 aliphatic heterocycles. The summed E-state index contributed by atoms with van der Waals surface area (Å²) >= 11 is 0. The average molecular weight is 573 g/mol. The molecule has 0 radical (unpaired) electrons. The Morgan fingerprint density at radius 2 is 1.38 bits per heavy atom. The Hall–Kier alpha value is -3.57. The number of esters is 1. The molecule has 6 nitrogen and oxygen atoms in total. The van der Waals surface area contributed by atoms with Crippen molar-refractivity contribution in [2.75, 3.05) is 5.32 Å². The number of carbonyl (C=O) groups is 3.